The van der Waals surface area contributed by atoms with Gasteiger partial charge in [-0.1, -0.05) is 17.7 Å². The van der Waals surface area contributed by atoms with Gasteiger partial charge in [-0.25, -0.2) is 14.2 Å². The Hall–Kier alpha value is -2.47. The summed E-state index contributed by atoms with van der Waals surface area (Å²) in [5, 5.41) is 11.1. The number of amides is 1. The lowest BCUT2D eigenvalue weighted by Gasteiger charge is -2.07. The fourth-order valence-corrected chi connectivity index (χ4v) is 1.75. The Balaban J connectivity index is 2.21. The minimum Gasteiger partial charge on any atom is -0.477 e. The molecule has 0 saturated heterocycles. The van der Waals surface area contributed by atoms with Gasteiger partial charge in [-0.2, -0.15) is 0 Å². The van der Waals surface area contributed by atoms with E-state index in [1.807, 2.05) is 0 Å². The minimum atomic E-state index is -1.18. The number of anilines is 1. The number of pyridine rings is 1. The molecule has 0 aliphatic carbocycles. The van der Waals surface area contributed by atoms with Gasteiger partial charge in [-0.3, -0.25) is 4.79 Å². The van der Waals surface area contributed by atoms with Gasteiger partial charge in [0.2, 0.25) is 0 Å². The van der Waals surface area contributed by atoms with Crippen molar-refractivity contribution >= 4 is 29.2 Å². The Bertz CT molecular complexity index is 654. The van der Waals surface area contributed by atoms with E-state index in [2.05, 4.69) is 10.3 Å². The summed E-state index contributed by atoms with van der Waals surface area (Å²) in [5.74, 6) is -2.66. The maximum Gasteiger partial charge on any atom is 0.354 e. The number of carbonyl (C=O) groups excluding carboxylic acids is 1. The number of hydrogen-bond donors (Lipinski definition) is 2. The van der Waals surface area contributed by atoms with Crippen LogP contribution >= 0.6 is 11.6 Å². The standard InChI is InChI=1S/C13H8ClFN2O3/c14-8-2-1-3-9(15)11(8)12(18)17-7-4-5-10(13(19)20)16-6-7/h1-6H,(H,17,18)(H,19,20). The van der Waals surface area contributed by atoms with E-state index in [0.29, 0.717) is 0 Å². The highest BCUT2D eigenvalue weighted by Gasteiger charge is 2.16. The fraction of sp³-hybridized carbons (Fsp3) is 0. The van der Waals surface area contributed by atoms with Gasteiger partial charge in [0.25, 0.3) is 5.91 Å². The van der Waals surface area contributed by atoms with Crippen LogP contribution in [-0.2, 0) is 0 Å². The number of hydrogen-bond acceptors (Lipinski definition) is 3. The zero-order chi connectivity index (χ0) is 14.7. The zero-order valence-electron chi connectivity index (χ0n) is 9.93. The number of aromatic carboxylic acids is 1. The molecule has 0 aliphatic rings. The molecule has 102 valence electrons. The second-order valence-electron chi connectivity index (χ2n) is 3.79. The molecule has 5 nitrogen and oxygen atoms in total. The van der Waals surface area contributed by atoms with E-state index in [-0.39, 0.29) is 22.0 Å². The average molecular weight is 295 g/mol. The van der Waals surface area contributed by atoms with Crippen LogP contribution in [0.2, 0.25) is 5.02 Å². The van der Waals surface area contributed by atoms with Crippen molar-refractivity contribution in [3.05, 3.63) is 58.6 Å². The number of halogens is 2. The van der Waals surface area contributed by atoms with Gasteiger partial charge in [-0.05, 0) is 24.3 Å². The molecule has 0 radical (unpaired) electrons. The van der Waals surface area contributed by atoms with Crippen LogP contribution in [0.15, 0.2) is 36.5 Å². The summed E-state index contributed by atoms with van der Waals surface area (Å²) in [6.07, 6.45) is 1.16. The van der Waals surface area contributed by atoms with E-state index < -0.39 is 17.7 Å². The van der Waals surface area contributed by atoms with Crippen molar-refractivity contribution in [3.8, 4) is 0 Å². The fourth-order valence-electron chi connectivity index (χ4n) is 1.50. The summed E-state index contributed by atoms with van der Waals surface area (Å²) in [6, 6.07) is 6.47. The first-order valence-electron chi connectivity index (χ1n) is 5.44. The SMILES string of the molecule is O=C(O)c1ccc(NC(=O)c2c(F)cccc2Cl)cn1. The summed E-state index contributed by atoms with van der Waals surface area (Å²) in [6.45, 7) is 0. The summed E-state index contributed by atoms with van der Waals surface area (Å²) in [5.41, 5.74) is -0.206. The Kier molecular flexibility index (Phi) is 3.95. The van der Waals surface area contributed by atoms with Gasteiger partial charge >= 0.3 is 5.97 Å². The van der Waals surface area contributed by atoms with Crippen molar-refractivity contribution in [2.24, 2.45) is 0 Å². The summed E-state index contributed by atoms with van der Waals surface area (Å²) in [4.78, 5) is 26.2. The first-order valence-corrected chi connectivity index (χ1v) is 5.81. The summed E-state index contributed by atoms with van der Waals surface area (Å²) < 4.78 is 13.5. The number of nitrogens with one attached hydrogen (secondary N) is 1. The number of rotatable bonds is 3. The molecule has 0 aliphatic heterocycles. The lowest BCUT2D eigenvalue weighted by molar-refractivity contribution is 0.0690. The first kappa shape index (κ1) is 14.0. The molecular weight excluding hydrogens is 287 g/mol. The predicted molar refractivity (Wildman–Crippen MR) is 70.6 cm³/mol. The zero-order valence-corrected chi connectivity index (χ0v) is 10.7. The van der Waals surface area contributed by atoms with Crippen molar-refractivity contribution < 1.29 is 19.1 Å². The van der Waals surface area contributed by atoms with Crippen molar-refractivity contribution in [2.45, 2.75) is 0 Å². The Morgan fingerprint density at radius 3 is 2.55 bits per heavy atom. The number of aromatic nitrogens is 1. The molecule has 20 heavy (non-hydrogen) atoms. The van der Waals surface area contributed by atoms with Crippen LogP contribution in [0.25, 0.3) is 0 Å². The van der Waals surface area contributed by atoms with Crippen molar-refractivity contribution in [1.82, 2.24) is 4.98 Å². The molecule has 1 aromatic heterocycles. The number of carboxylic acids is 1. The van der Waals surface area contributed by atoms with Gasteiger partial charge in [0, 0.05) is 0 Å². The molecule has 0 saturated carbocycles. The van der Waals surface area contributed by atoms with Crippen LogP contribution in [0.3, 0.4) is 0 Å². The molecule has 0 spiro atoms. The van der Waals surface area contributed by atoms with Gasteiger partial charge in [0.15, 0.2) is 0 Å². The normalized spacial score (nSPS) is 10.1. The third-order valence-electron chi connectivity index (χ3n) is 2.43. The van der Waals surface area contributed by atoms with E-state index in [1.165, 1.54) is 24.3 Å². The molecule has 7 heteroatoms. The van der Waals surface area contributed by atoms with E-state index >= 15 is 0 Å². The third-order valence-corrected chi connectivity index (χ3v) is 2.75. The molecule has 1 heterocycles. The molecule has 0 unspecified atom stereocenters. The van der Waals surface area contributed by atoms with Gasteiger partial charge in [0.1, 0.15) is 11.5 Å². The molecule has 1 aromatic carbocycles. The minimum absolute atomic E-state index is 0.0161. The lowest BCUT2D eigenvalue weighted by Crippen LogP contribution is -2.15. The molecule has 2 N–H and O–H groups in total. The molecule has 0 atom stereocenters. The summed E-state index contributed by atoms with van der Waals surface area (Å²) >= 11 is 5.76. The number of carboxylic acid groups (broad SMARTS) is 1. The predicted octanol–water partition coefficient (Wildman–Crippen LogP) is 2.82. The van der Waals surface area contributed by atoms with E-state index in [0.717, 1.165) is 12.3 Å². The molecule has 2 rings (SSSR count). The van der Waals surface area contributed by atoms with Crippen LogP contribution in [0.1, 0.15) is 20.8 Å². The monoisotopic (exact) mass is 294 g/mol. The maximum absolute atomic E-state index is 13.5. The van der Waals surface area contributed by atoms with Crippen LogP contribution in [-0.4, -0.2) is 22.0 Å². The van der Waals surface area contributed by atoms with Gasteiger partial charge in [0.05, 0.1) is 22.5 Å². The third kappa shape index (κ3) is 2.92. The van der Waals surface area contributed by atoms with Crippen molar-refractivity contribution in [3.63, 3.8) is 0 Å². The largest absolute Gasteiger partial charge is 0.477 e. The maximum atomic E-state index is 13.5. The van der Waals surface area contributed by atoms with E-state index in [4.69, 9.17) is 16.7 Å². The Morgan fingerprint density at radius 1 is 1.25 bits per heavy atom. The van der Waals surface area contributed by atoms with Gasteiger partial charge in [-0.15, -0.1) is 0 Å². The first-order chi connectivity index (χ1) is 9.49. The van der Waals surface area contributed by atoms with Crippen molar-refractivity contribution in [2.75, 3.05) is 5.32 Å². The molecular formula is C13H8ClFN2O3. The highest BCUT2D eigenvalue weighted by molar-refractivity contribution is 6.34. The number of carbonyl (C=O) groups is 2. The Labute approximate surface area is 118 Å². The summed E-state index contributed by atoms with van der Waals surface area (Å²) in [7, 11) is 0. The van der Waals surface area contributed by atoms with E-state index in [9.17, 15) is 14.0 Å². The molecule has 2 aromatic rings. The van der Waals surface area contributed by atoms with Crippen LogP contribution in [0.4, 0.5) is 10.1 Å². The lowest BCUT2D eigenvalue weighted by atomic mass is 10.2. The van der Waals surface area contributed by atoms with Crippen molar-refractivity contribution in [1.29, 1.82) is 0 Å². The van der Waals surface area contributed by atoms with Gasteiger partial charge < -0.3 is 10.4 Å². The number of benzene rings is 1. The Morgan fingerprint density at radius 2 is 2.00 bits per heavy atom. The topological polar surface area (TPSA) is 79.3 Å². The molecule has 1 amide bonds. The highest BCUT2D eigenvalue weighted by Crippen LogP contribution is 2.20. The molecule has 0 fully saturated rings. The smallest absolute Gasteiger partial charge is 0.354 e. The number of nitrogens with zero attached hydrogens (tertiary/aromatic N) is 1. The average Bonchev–Trinajstić information content (AvgIpc) is 2.39. The van der Waals surface area contributed by atoms with Crippen LogP contribution in [0, 0.1) is 5.82 Å². The van der Waals surface area contributed by atoms with Crippen LogP contribution in [0.5, 0.6) is 0 Å². The second kappa shape index (κ2) is 5.66. The van der Waals surface area contributed by atoms with Crippen LogP contribution < -0.4 is 5.32 Å². The van der Waals surface area contributed by atoms with E-state index in [1.54, 1.807) is 0 Å². The quantitative estimate of drug-likeness (QED) is 0.912. The second-order valence-corrected chi connectivity index (χ2v) is 4.20. The highest BCUT2D eigenvalue weighted by atomic mass is 35.5. The molecule has 0 bridgehead atoms.